The normalized spacial score (nSPS) is 21.7. The van der Waals surface area contributed by atoms with Crippen molar-refractivity contribution in [2.24, 2.45) is 0 Å². The van der Waals surface area contributed by atoms with Gasteiger partial charge in [0.25, 0.3) is 0 Å². The fraction of sp³-hybridized carbons (Fsp3) is 0.400. The van der Waals surface area contributed by atoms with Gasteiger partial charge in [0.15, 0.2) is 0 Å². The van der Waals surface area contributed by atoms with Gasteiger partial charge in [-0.15, -0.1) is 0 Å². The van der Waals surface area contributed by atoms with E-state index in [0.717, 1.165) is 38.3 Å². The molecule has 0 saturated carbocycles. The first-order valence-electron chi connectivity index (χ1n) is 8.80. The second kappa shape index (κ2) is 6.06. The van der Waals surface area contributed by atoms with Crippen LogP contribution >= 0.6 is 0 Å². The van der Waals surface area contributed by atoms with E-state index >= 15 is 0 Å². The molecule has 5 nitrogen and oxygen atoms in total. The SMILES string of the molecule is CN(C)C(=O)N1CC[C@@]2(C1)CN(Cc1ccccc1)c1cccnc12. The van der Waals surface area contributed by atoms with Gasteiger partial charge in [0, 0.05) is 46.5 Å². The molecule has 25 heavy (non-hydrogen) atoms. The first kappa shape index (κ1) is 15.9. The van der Waals surface area contributed by atoms with Crippen LogP contribution in [-0.4, -0.2) is 54.5 Å². The van der Waals surface area contributed by atoms with Crippen LogP contribution in [0.2, 0.25) is 0 Å². The molecule has 2 aliphatic heterocycles. The molecule has 2 aliphatic rings. The summed E-state index contributed by atoms with van der Waals surface area (Å²) in [6.45, 7) is 3.35. The molecule has 130 valence electrons. The zero-order chi connectivity index (χ0) is 17.4. The maximum atomic E-state index is 12.4. The van der Waals surface area contributed by atoms with Crippen molar-refractivity contribution in [3.05, 3.63) is 59.9 Å². The maximum absolute atomic E-state index is 12.4. The second-order valence-corrected chi connectivity index (χ2v) is 7.34. The molecule has 2 aromatic rings. The Bertz CT molecular complexity index is 776. The summed E-state index contributed by atoms with van der Waals surface area (Å²) in [6.07, 6.45) is 2.85. The van der Waals surface area contributed by atoms with Crippen LogP contribution in [0.5, 0.6) is 0 Å². The summed E-state index contributed by atoms with van der Waals surface area (Å²) in [6, 6.07) is 14.8. The Morgan fingerprint density at radius 2 is 1.96 bits per heavy atom. The van der Waals surface area contributed by atoms with Gasteiger partial charge < -0.3 is 14.7 Å². The third kappa shape index (κ3) is 2.73. The first-order valence-corrected chi connectivity index (χ1v) is 8.80. The molecule has 1 fully saturated rings. The summed E-state index contributed by atoms with van der Waals surface area (Å²) in [4.78, 5) is 23.2. The summed E-state index contributed by atoms with van der Waals surface area (Å²) < 4.78 is 0. The summed E-state index contributed by atoms with van der Waals surface area (Å²) in [5, 5.41) is 0. The van der Waals surface area contributed by atoms with E-state index in [2.05, 4.69) is 35.2 Å². The van der Waals surface area contributed by atoms with Gasteiger partial charge in [-0.25, -0.2) is 4.79 Å². The number of nitrogens with zero attached hydrogens (tertiary/aromatic N) is 4. The van der Waals surface area contributed by atoms with Crippen molar-refractivity contribution in [3.63, 3.8) is 0 Å². The van der Waals surface area contributed by atoms with E-state index in [4.69, 9.17) is 4.98 Å². The third-order valence-electron chi connectivity index (χ3n) is 5.35. The van der Waals surface area contributed by atoms with Crippen LogP contribution in [0.4, 0.5) is 10.5 Å². The number of urea groups is 1. The van der Waals surface area contributed by atoms with Gasteiger partial charge >= 0.3 is 6.03 Å². The van der Waals surface area contributed by atoms with Gasteiger partial charge in [0.1, 0.15) is 0 Å². The Kier molecular flexibility index (Phi) is 3.86. The molecular weight excluding hydrogens is 312 g/mol. The zero-order valence-corrected chi connectivity index (χ0v) is 14.9. The number of rotatable bonds is 2. The quantitative estimate of drug-likeness (QED) is 0.846. The predicted octanol–water partition coefficient (Wildman–Crippen LogP) is 2.73. The number of hydrogen-bond acceptors (Lipinski definition) is 3. The molecular formula is C20H24N4O. The minimum Gasteiger partial charge on any atom is -0.365 e. The Balaban J connectivity index is 1.62. The van der Waals surface area contributed by atoms with Crippen LogP contribution in [-0.2, 0) is 12.0 Å². The van der Waals surface area contributed by atoms with Crippen molar-refractivity contribution < 1.29 is 4.79 Å². The Hall–Kier alpha value is -2.56. The standard InChI is InChI=1S/C20H24N4O/c1-22(2)19(25)23-12-10-20(14-23)15-24(13-16-7-4-3-5-8-16)17-9-6-11-21-18(17)20/h3-9,11H,10,12-15H2,1-2H3/t20-/m1/s1. The van der Waals surface area contributed by atoms with E-state index < -0.39 is 0 Å². The Morgan fingerprint density at radius 1 is 1.16 bits per heavy atom. The molecule has 0 radical (unpaired) electrons. The number of carbonyl (C=O) groups excluding carboxylic acids is 1. The van der Waals surface area contributed by atoms with Crippen LogP contribution in [0.15, 0.2) is 48.7 Å². The van der Waals surface area contributed by atoms with Gasteiger partial charge in [-0.1, -0.05) is 30.3 Å². The number of aromatic nitrogens is 1. The second-order valence-electron chi connectivity index (χ2n) is 7.34. The molecule has 0 aliphatic carbocycles. The molecule has 1 atom stereocenters. The molecule has 0 unspecified atom stereocenters. The van der Waals surface area contributed by atoms with Gasteiger partial charge in [0.05, 0.1) is 16.8 Å². The highest BCUT2D eigenvalue weighted by Gasteiger charge is 2.49. The van der Waals surface area contributed by atoms with Crippen molar-refractivity contribution in [1.82, 2.24) is 14.8 Å². The molecule has 1 aromatic carbocycles. The number of likely N-dealkylation sites (tertiary alicyclic amines) is 1. The lowest BCUT2D eigenvalue weighted by Gasteiger charge is -2.27. The molecule has 4 rings (SSSR count). The molecule has 3 heterocycles. The lowest BCUT2D eigenvalue weighted by atomic mass is 9.85. The van der Waals surface area contributed by atoms with Gasteiger partial charge in [0.2, 0.25) is 0 Å². The average molecular weight is 336 g/mol. The van der Waals surface area contributed by atoms with Crippen molar-refractivity contribution in [1.29, 1.82) is 0 Å². The van der Waals surface area contributed by atoms with Crippen molar-refractivity contribution >= 4 is 11.7 Å². The van der Waals surface area contributed by atoms with Crippen LogP contribution in [0.25, 0.3) is 0 Å². The maximum Gasteiger partial charge on any atom is 0.319 e. The number of benzene rings is 1. The van der Waals surface area contributed by atoms with Crippen LogP contribution in [0, 0.1) is 0 Å². The summed E-state index contributed by atoms with van der Waals surface area (Å²) >= 11 is 0. The summed E-state index contributed by atoms with van der Waals surface area (Å²) in [5.41, 5.74) is 3.62. The average Bonchev–Trinajstić information content (AvgIpc) is 3.18. The van der Waals surface area contributed by atoms with Crippen molar-refractivity contribution in [2.75, 3.05) is 38.6 Å². The number of fused-ring (bicyclic) bond motifs is 2. The molecule has 0 N–H and O–H groups in total. The molecule has 5 heteroatoms. The highest BCUT2D eigenvalue weighted by molar-refractivity contribution is 5.75. The fourth-order valence-electron chi connectivity index (χ4n) is 4.17. The van der Waals surface area contributed by atoms with Crippen LogP contribution < -0.4 is 4.90 Å². The molecule has 1 aromatic heterocycles. The highest BCUT2D eigenvalue weighted by Crippen LogP contribution is 2.45. The number of amides is 2. The van der Waals surface area contributed by atoms with Crippen LogP contribution in [0.3, 0.4) is 0 Å². The molecule has 2 amide bonds. The summed E-state index contributed by atoms with van der Waals surface area (Å²) in [5.74, 6) is 0. The highest BCUT2D eigenvalue weighted by atomic mass is 16.2. The Labute approximate surface area is 148 Å². The number of carbonyl (C=O) groups is 1. The molecule has 1 spiro atoms. The van der Waals surface area contributed by atoms with Crippen LogP contribution in [0.1, 0.15) is 17.7 Å². The number of pyridine rings is 1. The van der Waals surface area contributed by atoms with E-state index in [9.17, 15) is 4.79 Å². The lowest BCUT2D eigenvalue weighted by molar-refractivity contribution is 0.179. The minimum absolute atomic E-state index is 0.0446. The van der Waals surface area contributed by atoms with E-state index in [1.54, 1.807) is 4.90 Å². The predicted molar refractivity (Wildman–Crippen MR) is 98.7 cm³/mol. The minimum atomic E-state index is -0.0446. The molecule has 1 saturated heterocycles. The van der Waals surface area contributed by atoms with Gasteiger partial charge in [-0.2, -0.15) is 0 Å². The fourth-order valence-corrected chi connectivity index (χ4v) is 4.17. The zero-order valence-electron chi connectivity index (χ0n) is 14.9. The van der Waals surface area contributed by atoms with Gasteiger partial charge in [-0.3, -0.25) is 4.98 Å². The Morgan fingerprint density at radius 3 is 2.72 bits per heavy atom. The van der Waals surface area contributed by atoms with E-state index in [1.165, 1.54) is 11.3 Å². The topological polar surface area (TPSA) is 39.7 Å². The van der Waals surface area contributed by atoms with Crippen molar-refractivity contribution in [3.8, 4) is 0 Å². The van der Waals surface area contributed by atoms with E-state index in [1.807, 2.05) is 37.3 Å². The number of hydrogen-bond donors (Lipinski definition) is 0. The van der Waals surface area contributed by atoms with E-state index in [-0.39, 0.29) is 11.4 Å². The van der Waals surface area contributed by atoms with Gasteiger partial charge in [-0.05, 0) is 24.1 Å². The molecule has 0 bridgehead atoms. The third-order valence-corrected chi connectivity index (χ3v) is 5.35. The lowest BCUT2D eigenvalue weighted by Crippen LogP contribution is -2.41. The summed E-state index contributed by atoms with van der Waals surface area (Å²) in [7, 11) is 3.63. The monoisotopic (exact) mass is 336 g/mol. The van der Waals surface area contributed by atoms with E-state index in [0.29, 0.717) is 0 Å². The van der Waals surface area contributed by atoms with Crippen molar-refractivity contribution in [2.45, 2.75) is 18.4 Å². The largest absolute Gasteiger partial charge is 0.365 e. The smallest absolute Gasteiger partial charge is 0.319 e. The number of anilines is 1. The first-order chi connectivity index (χ1) is 12.1.